The largest absolute Gasteiger partial charge is 0.445 e. The van der Waals surface area contributed by atoms with Crippen LogP contribution < -0.4 is 0 Å². The SMILES string of the molecule is COCCC1=CC2CCCC(C1)N2C(=O)OCc1ccccc1. The quantitative estimate of drug-likeness (QED) is 0.773. The Morgan fingerprint density at radius 3 is 2.83 bits per heavy atom. The Morgan fingerprint density at radius 2 is 2.09 bits per heavy atom. The summed E-state index contributed by atoms with van der Waals surface area (Å²) < 4.78 is 10.7. The molecule has 0 radical (unpaired) electrons. The van der Waals surface area contributed by atoms with Crippen molar-refractivity contribution in [1.82, 2.24) is 4.90 Å². The normalized spacial score (nSPS) is 23.3. The van der Waals surface area contributed by atoms with Gasteiger partial charge >= 0.3 is 6.09 Å². The van der Waals surface area contributed by atoms with Gasteiger partial charge in [0.2, 0.25) is 0 Å². The first kappa shape index (κ1) is 16.1. The zero-order valence-electron chi connectivity index (χ0n) is 13.7. The fourth-order valence-corrected chi connectivity index (χ4v) is 3.62. The Kier molecular flexibility index (Phi) is 5.34. The molecule has 0 aliphatic carbocycles. The van der Waals surface area contributed by atoms with Crippen LogP contribution in [0, 0.1) is 0 Å². The molecule has 2 bridgehead atoms. The third-order valence-electron chi connectivity index (χ3n) is 4.76. The van der Waals surface area contributed by atoms with Crippen molar-refractivity contribution in [2.75, 3.05) is 13.7 Å². The molecular weight excluding hydrogens is 290 g/mol. The highest BCUT2D eigenvalue weighted by atomic mass is 16.6. The summed E-state index contributed by atoms with van der Waals surface area (Å²) in [6.45, 7) is 1.10. The number of methoxy groups -OCH3 is 1. The van der Waals surface area contributed by atoms with Gasteiger partial charge in [-0.3, -0.25) is 4.90 Å². The molecule has 2 aliphatic heterocycles. The molecule has 1 aromatic rings. The summed E-state index contributed by atoms with van der Waals surface area (Å²) >= 11 is 0. The van der Waals surface area contributed by atoms with E-state index in [9.17, 15) is 4.79 Å². The standard InChI is InChI=1S/C19H25NO3/c1-22-11-10-16-12-17-8-5-9-18(13-16)20(17)19(21)23-14-15-6-3-2-4-7-15/h2-4,6-7,12,17-18H,5,8-11,13-14H2,1H3. The highest BCUT2D eigenvalue weighted by molar-refractivity contribution is 5.69. The molecule has 2 heterocycles. The molecule has 4 nitrogen and oxygen atoms in total. The highest BCUT2D eigenvalue weighted by Crippen LogP contribution is 2.34. The third-order valence-corrected chi connectivity index (χ3v) is 4.76. The van der Waals surface area contributed by atoms with E-state index in [0.29, 0.717) is 6.61 Å². The molecule has 0 saturated carbocycles. The second-order valence-corrected chi connectivity index (χ2v) is 6.37. The van der Waals surface area contributed by atoms with Gasteiger partial charge in [0.25, 0.3) is 0 Å². The number of hydrogen-bond acceptors (Lipinski definition) is 3. The number of fused-ring (bicyclic) bond motifs is 2. The van der Waals surface area contributed by atoms with Gasteiger partial charge in [0.1, 0.15) is 6.61 Å². The average Bonchev–Trinajstić information content (AvgIpc) is 2.58. The van der Waals surface area contributed by atoms with Crippen LogP contribution in [0.25, 0.3) is 0 Å². The smallest absolute Gasteiger partial charge is 0.410 e. The van der Waals surface area contributed by atoms with E-state index in [0.717, 1.165) is 37.9 Å². The first-order valence-electron chi connectivity index (χ1n) is 8.45. The maximum absolute atomic E-state index is 12.6. The molecule has 0 aromatic heterocycles. The fraction of sp³-hybridized carbons (Fsp3) is 0.526. The lowest BCUT2D eigenvalue weighted by molar-refractivity contribution is 0.0474. The molecular formula is C19H25NO3. The van der Waals surface area contributed by atoms with Gasteiger partial charge < -0.3 is 9.47 Å². The summed E-state index contributed by atoms with van der Waals surface area (Å²) in [5, 5.41) is 0. The van der Waals surface area contributed by atoms with Crippen LogP contribution in [0.15, 0.2) is 42.0 Å². The molecule has 1 amide bonds. The number of hydrogen-bond donors (Lipinski definition) is 0. The van der Waals surface area contributed by atoms with Gasteiger partial charge in [0.15, 0.2) is 0 Å². The van der Waals surface area contributed by atoms with Crippen molar-refractivity contribution in [2.24, 2.45) is 0 Å². The minimum atomic E-state index is -0.175. The molecule has 3 rings (SSSR count). The summed E-state index contributed by atoms with van der Waals surface area (Å²) in [7, 11) is 1.73. The van der Waals surface area contributed by atoms with Crippen LogP contribution in [-0.2, 0) is 16.1 Å². The van der Waals surface area contributed by atoms with Crippen molar-refractivity contribution in [2.45, 2.75) is 50.8 Å². The Hall–Kier alpha value is -1.81. The summed E-state index contributed by atoms with van der Waals surface area (Å²) in [5.41, 5.74) is 2.45. The molecule has 1 fully saturated rings. The van der Waals surface area contributed by atoms with Gasteiger partial charge in [0.05, 0.1) is 6.04 Å². The maximum Gasteiger partial charge on any atom is 0.410 e. The van der Waals surface area contributed by atoms with Crippen LogP contribution in [0.1, 0.15) is 37.7 Å². The van der Waals surface area contributed by atoms with E-state index in [1.807, 2.05) is 35.2 Å². The van der Waals surface area contributed by atoms with E-state index in [-0.39, 0.29) is 18.2 Å². The lowest BCUT2D eigenvalue weighted by atomic mass is 9.84. The molecule has 23 heavy (non-hydrogen) atoms. The summed E-state index contributed by atoms with van der Waals surface area (Å²) in [5.74, 6) is 0. The number of amides is 1. The first-order valence-corrected chi connectivity index (χ1v) is 8.45. The van der Waals surface area contributed by atoms with Gasteiger partial charge in [-0.05, 0) is 37.7 Å². The average molecular weight is 315 g/mol. The third kappa shape index (κ3) is 3.94. The monoisotopic (exact) mass is 315 g/mol. The van der Waals surface area contributed by atoms with Crippen molar-refractivity contribution in [3.63, 3.8) is 0 Å². The lowest BCUT2D eigenvalue weighted by Gasteiger charge is -2.44. The molecule has 2 atom stereocenters. The van der Waals surface area contributed by atoms with Crippen molar-refractivity contribution in [1.29, 1.82) is 0 Å². The number of benzene rings is 1. The highest BCUT2D eigenvalue weighted by Gasteiger charge is 2.37. The minimum Gasteiger partial charge on any atom is -0.445 e. The molecule has 2 unspecified atom stereocenters. The number of carbonyl (C=O) groups excluding carboxylic acids is 1. The van der Waals surface area contributed by atoms with E-state index < -0.39 is 0 Å². The van der Waals surface area contributed by atoms with Crippen LogP contribution >= 0.6 is 0 Å². The second kappa shape index (κ2) is 7.64. The Balaban J connectivity index is 1.62. The van der Waals surface area contributed by atoms with E-state index in [1.54, 1.807) is 7.11 Å². The Labute approximate surface area is 138 Å². The summed E-state index contributed by atoms with van der Waals surface area (Å²) in [6, 6.07) is 10.3. The number of rotatable bonds is 5. The Morgan fingerprint density at radius 1 is 1.26 bits per heavy atom. The van der Waals surface area contributed by atoms with Crippen molar-refractivity contribution in [3.05, 3.63) is 47.5 Å². The summed E-state index contributed by atoms with van der Waals surface area (Å²) in [4.78, 5) is 14.5. The number of nitrogens with zero attached hydrogens (tertiary/aromatic N) is 1. The molecule has 124 valence electrons. The van der Waals surface area contributed by atoms with Crippen molar-refractivity contribution < 1.29 is 14.3 Å². The van der Waals surface area contributed by atoms with E-state index >= 15 is 0 Å². The predicted molar refractivity (Wildman–Crippen MR) is 89.1 cm³/mol. The molecule has 1 aromatic carbocycles. The van der Waals surface area contributed by atoms with Crippen LogP contribution in [-0.4, -0.2) is 36.8 Å². The topological polar surface area (TPSA) is 38.8 Å². The van der Waals surface area contributed by atoms with Gasteiger partial charge in [-0.2, -0.15) is 0 Å². The van der Waals surface area contributed by atoms with Gasteiger partial charge in [-0.1, -0.05) is 42.0 Å². The number of carbonyl (C=O) groups is 1. The van der Waals surface area contributed by atoms with Crippen LogP contribution in [0.5, 0.6) is 0 Å². The van der Waals surface area contributed by atoms with Crippen LogP contribution in [0.3, 0.4) is 0 Å². The molecule has 1 saturated heterocycles. The zero-order valence-corrected chi connectivity index (χ0v) is 13.7. The van der Waals surface area contributed by atoms with E-state index in [1.165, 1.54) is 12.0 Å². The molecule has 0 N–H and O–H groups in total. The zero-order chi connectivity index (χ0) is 16.1. The van der Waals surface area contributed by atoms with Crippen LogP contribution in [0.4, 0.5) is 4.79 Å². The number of ether oxygens (including phenoxy) is 2. The minimum absolute atomic E-state index is 0.175. The fourth-order valence-electron chi connectivity index (χ4n) is 3.62. The molecule has 2 aliphatic rings. The van der Waals surface area contributed by atoms with E-state index in [4.69, 9.17) is 9.47 Å². The predicted octanol–water partition coefficient (Wildman–Crippen LogP) is 3.91. The van der Waals surface area contributed by atoms with Gasteiger partial charge in [-0.25, -0.2) is 4.79 Å². The van der Waals surface area contributed by atoms with E-state index in [2.05, 4.69) is 6.08 Å². The van der Waals surface area contributed by atoms with Gasteiger partial charge in [0, 0.05) is 19.8 Å². The van der Waals surface area contributed by atoms with Crippen molar-refractivity contribution >= 4 is 6.09 Å². The van der Waals surface area contributed by atoms with Gasteiger partial charge in [-0.15, -0.1) is 0 Å². The Bertz CT molecular complexity index is 555. The summed E-state index contributed by atoms with van der Waals surface area (Å²) in [6.07, 6.45) is 7.31. The molecule has 4 heteroatoms. The number of piperidine rings is 1. The first-order chi connectivity index (χ1) is 11.3. The second-order valence-electron chi connectivity index (χ2n) is 6.37. The molecule has 0 spiro atoms. The van der Waals surface area contributed by atoms with Crippen molar-refractivity contribution in [3.8, 4) is 0 Å². The maximum atomic E-state index is 12.6. The lowest BCUT2D eigenvalue weighted by Crippen LogP contribution is -2.51. The van der Waals surface area contributed by atoms with Crippen LogP contribution in [0.2, 0.25) is 0 Å².